The van der Waals surface area contributed by atoms with Crippen molar-refractivity contribution >= 4 is 11.2 Å². The molecule has 2 N–H and O–H groups in total. The van der Waals surface area contributed by atoms with Crippen molar-refractivity contribution in [2.75, 3.05) is 0 Å². The Morgan fingerprint density at radius 1 is 1.21 bits per heavy atom. The van der Waals surface area contributed by atoms with Gasteiger partial charge in [0.15, 0.2) is 5.52 Å². The van der Waals surface area contributed by atoms with Crippen LogP contribution in [0.25, 0.3) is 11.2 Å². The molecular weight excluding hydrogens is 188 g/mol. The van der Waals surface area contributed by atoms with Gasteiger partial charge in [-0.15, -0.1) is 0 Å². The van der Waals surface area contributed by atoms with E-state index >= 15 is 0 Å². The lowest BCUT2D eigenvalue weighted by Crippen LogP contribution is -2.32. The monoisotopic (exact) mass is 194 g/mol. The van der Waals surface area contributed by atoms with Gasteiger partial charge in [-0.05, 0) is 0 Å². The fourth-order valence-corrected chi connectivity index (χ4v) is 1.14. The van der Waals surface area contributed by atoms with Gasteiger partial charge in [-0.3, -0.25) is 14.4 Å². The zero-order chi connectivity index (χ0) is 10.3. The zero-order valence-corrected chi connectivity index (χ0v) is 7.20. The summed E-state index contributed by atoms with van der Waals surface area (Å²) >= 11 is 0. The van der Waals surface area contributed by atoms with Crippen molar-refractivity contribution in [3.05, 3.63) is 37.4 Å². The lowest BCUT2D eigenvalue weighted by molar-refractivity contribution is 0.868. The first-order chi connectivity index (χ1) is 6.59. The minimum absolute atomic E-state index is 0.000370. The third-order valence-electron chi connectivity index (χ3n) is 1.83. The van der Waals surface area contributed by atoms with E-state index in [0.717, 1.165) is 0 Å². The van der Waals surface area contributed by atoms with Crippen LogP contribution in [-0.4, -0.2) is 19.5 Å². The molecule has 0 spiro atoms. The largest absolute Gasteiger partial charge is 0.320 e. The van der Waals surface area contributed by atoms with Crippen molar-refractivity contribution < 1.29 is 0 Å². The highest BCUT2D eigenvalue weighted by atomic mass is 16.2. The summed E-state index contributed by atoms with van der Waals surface area (Å²) in [7, 11) is 1.60. The summed E-state index contributed by atoms with van der Waals surface area (Å²) < 4.78 is 1.44. The van der Waals surface area contributed by atoms with E-state index in [2.05, 4.69) is 15.0 Å². The number of aromatic nitrogens is 4. The molecule has 0 saturated carbocycles. The number of hydrogen-bond donors (Lipinski definition) is 2. The molecule has 0 aliphatic heterocycles. The van der Waals surface area contributed by atoms with Gasteiger partial charge in [0.1, 0.15) is 12.0 Å². The minimum Gasteiger partial charge on any atom is -0.320 e. The van der Waals surface area contributed by atoms with Crippen LogP contribution in [0, 0.1) is 0 Å². The van der Waals surface area contributed by atoms with E-state index in [9.17, 15) is 14.4 Å². The Hall–Kier alpha value is -2.18. The van der Waals surface area contributed by atoms with Crippen LogP contribution in [0.3, 0.4) is 0 Å². The molecule has 2 heterocycles. The van der Waals surface area contributed by atoms with Gasteiger partial charge in [0.2, 0.25) is 0 Å². The number of aryl methyl sites for hydroxylation is 1. The van der Waals surface area contributed by atoms with Crippen molar-refractivity contribution in [1.82, 2.24) is 19.5 Å². The van der Waals surface area contributed by atoms with Gasteiger partial charge in [-0.25, -0.2) is 0 Å². The van der Waals surface area contributed by atoms with Crippen molar-refractivity contribution in [2.45, 2.75) is 0 Å². The summed E-state index contributed by atoms with van der Waals surface area (Å²) in [6, 6.07) is 0. The van der Waals surface area contributed by atoms with Gasteiger partial charge in [0, 0.05) is 7.05 Å². The molecule has 0 fully saturated rings. The van der Waals surface area contributed by atoms with Gasteiger partial charge < -0.3 is 14.5 Å². The lowest BCUT2D eigenvalue weighted by Gasteiger charge is -2.00. The maximum Gasteiger partial charge on any atom is 0.315 e. The topological polar surface area (TPSA) is 101 Å². The Morgan fingerprint density at radius 3 is 2.57 bits per heavy atom. The van der Waals surface area contributed by atoms with E-state index < -0.39 is 16.7 Å². The van der Waals surface area contributed by atoms with E-state index in [4.69, 9.17) is 0 Å². The average Bonchev–Trinajstić information content (AvgIpc) is 2.15. The lowest BCUT2D eigenvalue weighted by atomic mass is 10.5. The number of H-pyrrole nitrogens is 2. The minimum atomic E-state index is -0.859. The molecule has 0 unspecified atom stereocenters. The normalized spacial score (nSPS) is 10.6. The van der Waals surface area contributed by atoms with E-state index in [1.54, 1.807) is 7.05 Å². The van der Waals surface area contributed by atoms with Crippen molar-refractivity contribution in [1.29, 1.82) is 0 Å². The van der Waals surface area contributed by atoms with Crippen molar-refractivity contribution in [3.63, 3.8) is 0 Å². The number of nitrogens with zero attached hydrogens (tertiary/aromatic N) is 2. The number of nitrogens with one attached hydrogen (secondary N) is 2. The maximum absolute atomic E-state index is 11.2. The second-order valence-corrected chi connectivity index (χ2v) is 2.79. The van der Waals surface area contributed by atoms with Crippen LogP contribution in [0.4, 0.5) is 0 Å². The van der Waals surface area contributed by atoms with Gasteiger partial charge in [-0.1, -0.05) is 0 Å². The standard InChI is InChI=1S/C7H6N4O3/c1-11-2-8-5(12)3-4(11)10-7(14)6(13)9-3/h2H,1H3,(H,9,13)(H,10,14). The average molecular weight is 194 g/mol. The second-order valence-electron chi connectivity index (χ2n) is 2.79. The number of fused-ring (bicyclic) bond motifs is 1. The summed E-state index contributed by atoms with van der Waals surface area (Å²) in [6.07, 6.45) is 1.26. The van der Waals surface area contributed by atoms with E-state index in [1.165, 1.54) is 10.9 Å². The highest BCUT2D eigenvalue weighted by Crippen LogP contribution is 1.94. The van der Waals surface area contributed by atoms with Crippen molar-refractivity contribution in [3.8, 4) is 0 Å². The fraction of sp³-hybridized carbons (Fsp3) is 0.143. The Kier molecular flexibility index (Phi) is 1.60. The Morgan fingerprint density at radius 2 is 1.86 bits per heavy atom. The maximum atomic E-state index is 11.2. The number of hydrogen-bond acceptors (Lipinski definition) is 4. The van der Waals surface area contributed by atoms with Crippen LogP contribution in [0.5, 0.6) is 0 Å². The fourth-order valence-electron chi connectivity index (χ4n) is 1.14. The van der Waals surface area contributed by atoms with Gasteiger partial charge in [0.05, 0.1) is 0 Å². The first-order valence-corrected chi connectivity index (χ1v) is 3.77. The number of rotatable bonds is 0. The summed E-state index contributed by atoms with van der Waals surface area (Å²) in [4.78, 5) is 41.0. The molecule has 0 bridgehead atoms. The van der Waals surface area contributed by atoms with Crippen LogP contribution in [0.1, 0.15) is 0 Å². The van der Waals surface area contributed by atoms with Crippen LogP contribution in [0.15, 0.2) is 20.7 Å². The molecule has 2 aromatic rings. The molecule has 2 rings (SSSR count). The van der Waals surface area contributed by atoms with E-state index in [1.807, 2.05) is 0 Å². The molecule has 0 aliphatic carbocycles. The van der Waals surface area contributed by atoms with E-state index in [0.29, 0.717) is 0 Å². The molecule has 7 heteroatoms. The molecule has 0 atom stereocenters. The smallest absolute Gasteiger partial charge is 0.315 e. The SMILES string of the molecule is Cn1cnc(=O)c2[nH]c(=O)c(=O)[nH]c21. The molecule has 14 heavy (non-hydrogen) atoms. The molecular formula is C7H6N4O3. The first-order valence-electron chi connectivity index (χ1n) is 3.77. The molecule has 0 radical (unpaired) electrons. The highest BCUT2D eigenvalue weighted by Gasteiger charge is 2.04. The summed E-state index contributed by atoms with van der Waals surface area (Å²) in [5.74, 6) is 0. The van der Waals surface area contributed by atoms with E-state index in [-0.39, 0.29) is 11.2 Å². The molecule has 72 valence electrons. The third-order valence-corrected chi connectivity index (χ3v) is 1.83. The summed E-state index contributed by atoms with van der Waals surface area (Å²) in [6.45, 7) is 0. The summed E-state index contributed by atoms with van der Waals surface area (Å²) in [5.41, 5.74) is -1.98. The molecule has 0 saturated heterocycles. The predicted octanol–water partition coefficient (Wildman–Crippen LogP) is -1.69. The predicted molar refractivity (Wildman–Crippen MR) is 48.2 cm³/mol. The molecule has 0 aliphatic rings. The van der Waals surface area contributed by atoms with Crippen LogP contribution in [-0.2, 0) is 7.05 Å². The van der Waals surface area contributed by atoms with Crippen LogP contribution in [0.2, 0.25) is 0 Å². The first kappa shape index (κ1) is 8.42. The Bertz CT molecular complexity index is 663. The Labute approximate surface area is 76.1 Å². The molecule has 7 nitrogen and oxygen atoms in total. The van der Waals surface area contributed by atoms with Crippen LogP contribution < -0.4 is 16.7 Å². The Balaban J connectivity index is 3.18. The highest BCUT2D eigenvalue weighted by molar-refractivity contribution is 5.67. The quantitative estimate of drug-likeness (QED) is 0.488. The molecule has 2 aromatic heterocycles. The van der Waals surface area contributed by atoms with Gasteiger partial charge in [-0.2, -0.15) is 4.98 Å². The van der Waals surface area contributed by atoms with Crippen molar-refractivity contribution in [2.24, 2.45) is 7.05 Å². The third kappa shape index (κ3) is 1.06. The zero-order valence-electron chi connectivity index (χ0n) is 7.20. The molecule has 0 aromatic carbocycles. The van der Waals surface area contributed by atoms with Gasteiger partial charge in [0.25, 0.3) is 5.56 Å². The molecule has 0 amide bonds. The second kappa shape index (κ2) is 2.66. The summed E-state index contributed by atoms with van der Waals surface area (Å²) in [5, 5.41) is 0. The van der Waals surface area contributed by atoms with Crippen LogP contribution >= 0.6 is 0 Å². The number of aromatic amines is 2. The van der Waals surface area contributed by atoms with Gasteiger partial charge >= 0.3 is 11.1 Å².